The summed E-state index contributed by atoms with van der Waals surface area (Å²) in [6.45, 7) is 0. The van der Waals surface area contributed by atoms with Crippen LogP contribution in [0.1, 0.15) is 10.5 Å². The number of amides is 1. The highest BCUT2D eigenvalue weighted by molar-refractivity contribution is 7.13. The van der Waals surface area contributed by atoms with Crippen LogP contribution in [0.3, 0.4) is 0 Å². The molecule has 6 nitrogen and oxygen atoms in total. The summed E-state index contributed by atoms with van der Waals surface area (Å²) in [4.78, 5) is 24.6. The molecule has 0 saturated heterocycles. The molecule has 2 aromatic carbocycles. The first-order valence-electron chi connectivity index (χ1n) is 8.49. The second-order valence-corrected chi connectivity index (χ2v) is 6.83. The molecule has 2 aromatic heterocycles. The zero-order chi connectivity index (χ0) is 19.5. The molecule has 0 unspecified atom stereocenters. The number of carbonyl (C=O) groups is 1. The van der Waals surface area contributed by atoms with Crippen LogP contribution in [0.2, 0.25) is 0 Å². The highest BCUT2D eigenvalue weighted by atomic mass is 32.1. The van der Waals surface area contributed by atoms with E-state index in [-0.39, 0.29) is 17.4 Å². The molecule has 140 valence electrons. The monoisotopic (exact) mass is 393 g/mol. The molecule has 4 rings (SSSR count). The minimum Gasteiger partial charge on any atom is -0.388 e. The van der Waals surface area contributed by atoms with Gasteiger partial charge in [-0.25, -0.2) is 14.4 Å². The van der Waals surface area contributed by atoms with E-state index in [0.717, 1.165) is 11.3 Å². The summed E-state index contributed by atoms with van der Waals surface area (Å²) in [5.74, 6) is -0.173. The fourth-order valence-corrected chi connectivity index (χ4v) is 3.28. The van der Waals surface area contributed by atoms with Gasteiger partial charge in [-0.05, 0) is 36.4 Å². The number of halogens is 1. The first kappa shape index (κ1) is 17.9. The average molecular weight is 393 g/mol. The van der Waals surface area contributed by atoms with Crippen LogP contribution in [-0.2, 0) is 0 Å². The van der Waals surface area contributed by atoms with Crippen LogP contribution in [-0.4, -0.2) is 27.9 Å². The van der Waals surface area contributed by atoms with Gasteiger partial charge >= 0.3 is 0 Å². The molecule has 0 saturated carbocycles. The Hall–Kier alpha value is -3.52. The number of carbonyl (C=O) groups excluding carboxylic acids is 1. The summed E-state index contributed by atoms with van der Waals surface area (Å²) in [6, 6.07) is 13.5. The van der Waals surface area contributed by atoms with Crippen molar-refractivity contribution < 1.29 is 9.18 Å². The third-order valence-electron chi connectivity index (χ3n) is 4.13. The van der Waals surface area contributed by atoms with Gasteiger partial charge < -0.3 is 10.3 Å². The standard InChI is InChI=1S/C20H16FN5OS/c1-22-15-4-2-3-13(11-15)18-24-16(12-5-7-14(21)8-6-12)17(25-18)19(27)26-20-23-9-10-28-20/h2-11,22H,1H3,(H,24,25)(H,23,26,27). The lowest BCUT2D eigenvalue weighted by molar-refractivity contribution is 0.102. The van der Waals surface area contributed by atoms with Crippen molar-refractivity contribution in [3.63, 3.8) is 0 Å². The Labute approximate surface area is 164 Å². The highest BCUT2D eigenvalue weighted by Crippen LogP contribution is 2.28. The number of benzene rings is 2. The third-order valence-corrected chi connectivity index (χ3v) is 4.81. The first-order valence-corrected chi connectivity index (χ1v) is 9.37. The predicted octanol–water partition coefficient (Wildman–Crippen LogP) is 4.63. The van der Waals surface area contributed by atoms with Gasteiger partial charge in [-0.3, -0.25) is 10.1 Å². The van der Waals surface area contributed by atoms with Crippen molar-refractivity contribution in [2.24, 2.45) is 0 Å². The minimum atomic E-state index is -0.363. The summed E-state index contributed by atoms with van der Waals surface area (Å²) < 4.78 is 13.3. The van der Waals surface area contributed by atoms with Crippen molar-refractivity contribution in [2.75, 3.05) is 17.7 Å². The van der Waals surface area contributed by atoms with Gasteiger partial charge in [0.15, 0.2) is 5.13 Å². The van der Waals surface area contributed by atoms with Crippen molar-refractivity contribution in [1.29, 1.82) is 0 Å². The number of nitrogens with one attached hydrogen (secondary N) is 3. The summed E-state index contributed by atoms with van der Waals surface area (Å²) in [6.07, 6.45) is 1.61. The molecule has 0 aliphatic rings. The zero-order valence-electron chi connectivity index (χ0n) is 14.9. The molecule has 0 radical (unpaired) electrons. The van der Waals surface area contributed by atoms with E-state index in [9.17, 15) is 9.18 Å². The van der Waals surface area contributed by atoms with E-state index in [2.05, 4.69) is 25.6 Å². The molecule has 0 bridgehead atoms. The molecule has 8 heteroatoms. The van der Waals surface area contributed by atoms with Gasteiger partial charge in [0.1, 0.15) is 23.0 Å². The van der Waals surface area contributed by atoms with E-state index < -0.39 is 0 Å². The zero-order valence-corrected chi connectivity index (χ0v) is 15.7. The van der Waals surface area contributed by atoms with E-state index in [1.54, 1.807) is 23.7 Å². The van der Waals surface area contributed by atoms with Crippen molar-refractivity contribution >= 4 is 28.1 Å². The van der Waals surface area contributed by atoms with Crippen LogP contribution in [0, 0.1) is 5.82 Å². The predicted molar refractivity (Wildman–Crippen MR) is 109 cm³/mol. The Morgan fingerprint density at radius 1 is 1.14 bits per heavy atom. The van der Waals surface area contributed by atoms with Gasteiger partial charge in [0.05, 0.1) is 0 Å². The lowest BCUT2D eigenvalue weighted by atomic mass is 10.1. The fraction of sp³-hybridized carbons (Fsp3) is 0.0500. The Balaban J connectivity index is 1.79. The van der Waals surface area contributed by atoms with Gasteiger partial charge in [-0.1, -0.05) is 12.1 Å². The summed E-state index contributed by atoms with van der Waals surface area (Å²) in [5, 5.41) is 8.10. The molecular formula is C20H16FN5OS. The van der Waals surface area contributed by atoms with Crippen LogP contribution in [0.4, 0.5) is 15.2 Å². The summed E-state index contributed by atoms with van der Waals surface area (Å²) >= 11 is 1.32. The smallest absolute Gasteiger partial charge is 0.276 e. The number of thiazole rings is 1. The maximum Gasteiger partial charge on any atom is 0.276 e. The molecule has 4 aromatic rings. The molecule has 0 aliphatic heterocycles. The van der Waals surface area contributed by atoms with Crippen molar-refractivity contribution in [2.45, 2.75) is 0 Å². The lowest BCUT2D eigenvalue weighted by Gasteiger charge is -2.03. The lowest BCUT2D eigenvalue weighted by Crippen LogP contribution is -2.13. The van der Waals surface area contributed by atoms with E-state index in [1.807, 2.05) is 31.3 Å². The van der Waals surface area contributed by atoms with Crippen LogP contribution in [0.25, 0.3) is 22.6 Å². The largest absolute Gasteiger partial charge is 0.388 e. The van der Waals surface area contributed by atoms with E-state index in [4.69, 9.17) is 0 Å². The van der Waals surface area contributed by atoms with Crippen molar-refractivity contribution in [1.82, 2.24) is 15.0 Å². The number of hydrogen-bond donors (Lipinski definition) is 3. The van der Waals surface area contributed by atoms with E-state index in [0.29, 0.717) is 22.2 Å². The molecule has 0 fully saturated rings. The van der Waals surface area contributed by atoms with Gasteiger partial charge in [-0.15, -0.1) is 11.3 Å². The highest BCUT2D eigenvalue weighted by Gasteiger charge is 2.20. The number of aromatic amines is 1. The number of anilines is 2. The van der Waals surface area contributed by atoms with E-state index >= 15 is 0 Å². The number of rotatable bonds is 5. The van der Waals surface area contributed by atoms with E-state index in [1.165, 1.54) is 23.5 Å². The Morgan fingerprint density at radius 2 is 1.96 bits per heavy atom. The average Bonchev–Trinajstić information content (AvgIpc) is 3.38. The maximum absolute atomic E-state index is 13.3. The number of aromatic nitrogens is 3. The maximum atomic E-state index is 13.3. The second-order valence-electron chi connectivity index (χ2n) is 5.94. The topological polar surface area (TPSA) is 82.7 Å². The van der Waals surface area contributed by atoms with Crippen LogP contribution in [0.15, 0.2) is 60.1 Å². The van der Waals surface area contributed by atoms with Crippen molar-refractivity contribution in [3.8, 4) is 22.6 Å². The summed E-state index contributed by atoms with van der Waals surface area (Å²) in [5.41, 5.74) is 3.11. The summed E-state index contributed by atoms with van der Waals surface area (Å²) in [7, 11) is 1.83. The molecule has 0 spiro atoms. The van der Waals surface area contributed by atoms with Crippen LogP contribution in [0.5, 0.6) is 0 Å². The Kier molecular flexibility index (Phi) is 4.86. The second kappa shape index (κ2) is 7.61. The first-order chi connectivity index (χ1) is 13.6. The normalized spacial score (nSPS) is 10.6. The SMILES string of the molecule is CNc1cccc(-c2nc(-c3ccc(F)cc3)c(C(=O)Nc3nccs3)[nH]2)c1. The molecule has 3 N–H and O–H groups in total. The Bertz CT molecular complexity index is 1110. The van der Waals surface area contributed by atoms with Gasteiger partial charge in [-0.2, -0.15) is 0 Å². The van der Waals surface area contributed by atoms with Gasteiger partial charge in [0.25, 0.3) is 5.91 Å². The Morgan fingerprint density at radius 3 is 2.68 bits per heavy atom. The quantitative estimate of drug-likeness (QED) is 0.462. The van der Waals surface area contributed by atoms with Gasteiger partial charge in [0, 0.05) is 35.4 Å². The van der Waals surface area contributed by atoms with Crippen molar-refractivity contribution in [3.05, 3.63) is 71.6 Å². The third kappa shape index (κ3) is 3.63. The number of hydrogen-bond acceptors (Lipinski definition) is 5. The molecule has 0 atom stereocenters. The van der Waals surface area contributed by atoms with Gasteiger partial charge in [0.2, 0.25) is 0 Å². The molecule has 0 aliphatic carbocycles. The molecule has 1 amide bonds. The molecule has 28 heavy (non-hydrogen) atoms. The number of nitrogens with zero attached hydrogens (tertiary/aromatic N) is 2. The molecular weight excluding hydrogens is 377 g/mol. The van der Waals surface area contributed by atoms with Crippen LogP contribution < -0.4 is 10.6 Å². The number of imidazole rings is 1. The number of H-pyrrole nitrogens is 1. The van der Waals surface area contributed by atoms with Crippen LogP contribution >= 0.6 is 11.3 Å². The molecule has 2 heterocycles. The minimum absolute atomic E-state index is 0.284. The fourth-order valence-electron chi connectivity index (χ4n) is 2.76.